The van der Waals surface area contributed by atoms with Gasteiger partial charge < -0.3 is 0 Å². The van der Waals surface area contributed by atoms with Crippen molar-refractivity contribution in [2.45, 2.75) is 51.9 Å². The minimum atomic E-state index is 0.0363. The molecule has 0 saturated heterocycles. The summed E-state index contributed by atoms with van der Waals surface area (Å²) in [6.07, 6.45) is 2.65. The van der Waals surface area contributed by atoms with Crippen molar-refractivity contribution in [3.8, 4) is 11.3 Å². The first-order chi connectivity index (χ1) is 13.6. The molecule has 0 amide bonds. The van der Waals surface area contributed by atoms with Crippen LogP contribution in [0.25, 0.3) is 11.3 Å². The van der Waals surface area contributed by atoms with E-state index in [0.29, 0.717) is 24.2 Å². The van der Waals surface area contributed by atoms with E-state index in [4.69, 9.17) is 5.10 Å². The average molecular weight is 373 g/mol. The molecule has 2 atom stereocenters. The molecule has 0 fully saturated rings. The van der Waals surface area contributed by atoms with Crippen LogP contribution in [0.4, 0.5) is 0 Å². The normalized spacial score (nSPS) is 18.9. The summed E-state index contributed by atoms with van der Waals surface area (Å²) in [5.74, 6) is 1.38. The molecule has 2 aromatic carbocycles. The highest BCUT2D eigenvalue weighted by atomic mass is 16.2. The van der Waals surface area contributed by atoms with Crippen molar-refractivity contribution in [3.05, 3.63) is 77.5 Å². The van der Waals surface area contributed by atoms with Crippen LogP contribution in [0.3, 0.4) is 0 Å². The van der Waals surface area contributed by atoms with Gasteiger partial charge in [0.2, 0.25) is 0 Å². The van der Waals surface area contributed by atoms with Gasteiger partial charge in [-0.15, -0.1) is 0 Å². The smallest absolute Gasteiger partial charge is 0.251 e. The molecule has 0 spiro atoms. The lowest BCUT2D eigenvalue weighted by Gasteiger charge is -2.28. The fraction of sp³-hybridized carbons (Fsp3) is 0.360. The van der Waals surface area contributed by atoms with Crippen LogP contribution in [0.2, 0.25) is 0 Å². The van der Waals surface area contributed by atoms with Gasteiger partial charge in [-0.25, -0.2) is 0 Å². The molecule has 0 aliphatic heterocycles. The monoisotopic (exact) mass is 372 g/mol. The van der Waals surface area contributed by atoms with Gasteiger partial charge in [-0.05, 0) is 30.2 Å². The second-order valence-corrected chi connectivity index (χ2v) is 8.31. The van der Waals surface area contributed by atoms with Crippen LogP contribution < -0.4 is 0 Å². The molecule has 28 heavy (non-hydrogen) atoms. The van der Waals surface area contributed by atoms with Crippen LogP contribution in [-0.2, 0) is 6.42 Å². The minimum absolute atomic E-state index is 0.0363. The second kappa shape index (κ2) is 7.75. The van der Waals surface area contributed by atoms with Crippen molar-refractivity contribution in [3.63, 3.8) is 0 Å². The number of fused-ring (bicyclic) bond motifs is 1. The number of carbonyl (C=O) groups excluding carboxylic acids is 1. The maximum atomic E-state index is 13.3. The summed E-state index contributed by atoms with van der Waals surface area (Å²) >= 11 is 0. The number of rotatable bonds is 4. The van der Waals surface area contributed by atoms with Gasteiger partial charge in [-0.3, -0.25) is 4.79 Å². The number of aromatic nitrogens is 2. The van der Waals surface area contributed by atoms with E-state index in [1.54, 1.807) is 4.68 Å². The largest absolute Gasteiger partial charge is 0.272 e. The quantitative estimate of drug-likeness (QED) is 0.557. The van der Waals surface area contributed by atoms with E-state index in [1.807, 2.05) is 48.5 Å². The van der Waals surface area contributed by atoms with E-state index >= 15 is 0 Å². The topological polar surface area (TPSA) is 34.9 Å². The van der Waals surface area contributed by atoms with E-state index in [1.165, 1.54) is 5.56 Å². The molecule has 3 nitrogen and oxygen atoms in total. The molecule has 144 valence electrons. The standard InChI is InChI=1S/C25H28N2O/c1-17(2)21-15-14-18(3)23-24(21)26-27(25(23)20-12-8-5-9-13-20)22(28)16-19-10-6-4-7-11-19/h4-13,17-18,21H,14-16H2,1-3H3/t18-,21+/m1/s1. The number of hydrogen-bond acceptors (Lipinski definition) is 2. The van der Waals surface area contributed by atoms with Gasteiger partial charge in [-0.1, -0.05) is 81.4 Å². The maximum Gasteiger partial charge on any atom is 0.251 e. The summed E-state index contributed by atoms with van der Waals surface area (Å²) in [5.41, 5.74) is 5.50. The van der Waals surface area contributed by atoms with Crippen LogP contribution in [0.1, 0.15) is 67.1 Å². The Kier molecular flexibility index (Phi) is 5.17. The molecule has 0 bridgehead atoms. The zero-order valence-corrected chi connectivity index (χ0v) is 16.9. The molecule has 3 aromatic rings. The Bertz CT molecular complexity index is 957. The van der Waals surface area contributed by atoms with Gasteiger partial charge in [0.25, 0.3) is 5.91 Å². The summed E-state index contributed by atoms with van der Waals surface area (Å²) in [7, 11) is 0. The molecule has 3 heteroatoms. The van der Waals surface area contributed by atoms with Gasteiger partial charge >= 0.3 is 0 Å². The Morgan fingerprint density at radius 1 is 1.04 bits per heavy atom. The van der Waals surface area contributed by atoms with Gasteiger partial charge in [0, 0.05) is 17.0 Å². The highest BCUT2D eigenvalue weighted by Gasteiger charge is 2.35. The molecule has 1 aliphatic rings. The van der Waals surface area contributed by atoms with Crippen molar-refractivity contribution in [2.24, 2.45) is 5.92 Å². The van der Waals surface area contributed by atoms with Crippen molar-refractivity contribution in [1.29, 1.82) is 0 Å². The van der Waals surface area contributed by atoms with E-state index in [-0.39, 0.29) is 5.91 Å². The number of carbonyl (C=O) groups is 1. The molecule has 0 saturated carbocycles. The molecule has 0 unspecified atom stereocenters. The van der Waals surface area contributed by atoms with Crippen LogP contribution in [0.15, 0.2) is 60.7 Å². The van der Waals surface area contributed by atoms with Crippen molar-refractivity contribution in [1.82, 2.24) is 9.78 Å². The zero-order chi connectivity index (χ0) is 19.7. The molecular weight excluding hydrogens is 344 g/mol. The number of benzene rings is 2. The Hall–Kier alpha value is -2.68. The highest BCUT2D eigenvalue weighted by Crippen LogP contribution is 2.45. The van der Waals surface area contributed by atoms with Crippen LogP contribution in [0.5, 0.6) is 0 Å². The first-order valence-corrected chi connectivity index (χ1v) is 10.3. The summed E-state index contributed by atoms with van der Waals surface area (Å²) in [6, 6.07) is 20.2. The van der Waals surface area contributed by atoms with E-state index in [9.17, 15) is 4.79 Å². The van der Waals surface area contributed by atoms with Crippen molar-refractivity contribution < 1.29 is 4.79 Å². The fourth-order valence-corrected chi connectivity index (χ4v) is 4.47. The van der Waals surface area contributed by atoms with Crippen LogP contribution in [-0.4, -0.2) is 15.7 Å². The van der Waals surface area contributed by atoms with Crippen LogP contribution >= 0.6 is 0 Å². The summed E-state index contributed by atoms with van der Waals surface area (Å²) in [5, 5.41) is 4.94. The first-order valence-electron chi connectivity index (χ1n) is 10.3. The lowest BCUT2D eigenvalue weighted by molar-refractivity contribution is 0.0899. The van der Waals surface area contributed by atoms with Gasteiger partial charge in [-0.2, -0.15) is 9.78 Å². The van der Waals surface area contributed by atoms with Gasteiger partial charge in [0.15, 0.2) is 0 Å². The Morgan fingerprint density at radius 3 is 2.32 bits per heavy atom. The van der Waals surface area contributed by atoms with Gasteiger partial charge in [0.1, 0.15) is 0 Å². The van der Waals surface area contributed by atoms with Crippen LogP contribution in [0, 0.1) is 5.92 Å². The van der Waals surface area contributed by atoms with Crippen molar-refractivity contribution in [2.75, 3.05) is 0 Å². The SMILES string of the molecule is CC(C)[C@@H]1CC[C@@H](C)c2c1nn(C(=O)Cc1ccccc1)c2-c1ccccc1. The maximum absolute atomic E-state index is 13.3. The van der Waals surface area contributed by atoms with Gasteiger partial charge in [0.05, 0.1) is 17.8 Å². The Balaban J connectivity index is 1.86. The third-order valence-electron chi connectivity index (χ3n) is 5.99. The molecular formula is C25H28N2O. The number of nitrogens with zero attached hydrogens (tertiary/aromatic N) is 2. The van der Waals surface area contributed by atoms with E-state index in [2.05, 4.69) is 32.9 Å². The summed E-state index contributed by atoms with van der Waals surface area (Å²) in [6.45, 7) is 6.80. The van der Waals surface area contributed by atoms with Crippen molar-refractivity contribution >= 4 is 5.91 Å². The predicted octanol–water partition coefficient (Wildman–Crippen LogP) is 6.07. The summed E-state index contributed by atoms with van der Waals surface area (Å²) in [4.78, 5) is 13.3. The minimum Gasteiger partial charge on any atom is -0.272 e. The Morgan fingerprint density at radius 2 is 1.68 bits per heavy atom. The lowest BCUT2D eigenvalue weighted by atomic mass is 9.75. The second-order valence-electron chi connectivity index (χ2n) is 8.31. The summed E-state index contributed by atoms with van der Waals surface area (Å²) < 4.78 is 1.70. The molecule has 1 aromatic heterocycles. The number of hydrogen-bond donors (Lipinski definition) is 0. The van der Waals surface area contributed by atoms with E-state index in [0.717, 1.165) is 35.4 Å². The third kappa shape index (κ3) is 3.42. The zero-order valence-electron chi connectivity index (χ0n) is 16.9. The predicted molar refractivity (Wildman–Crippen MR) is 114 cm³/mol. The molecule has 1 heterocycles. The average Bonchev–Trinajstić information content (AvgIpc) is 3.11. The Labute approximate surface area is 167 Å². The first kappa shape index (κ1) is 18.7. The highest BCUT2D eigenvalue weighted by molar-refractivity contribution is 5.86. The fourth-order valence-electron chi connectivity index (χ4n) is 4.47. The lowest BCUT2D eigenvalue weighted by Crippen LogP contribution is -2.17. The molecule has 4 rings (SSSR count). The molecule has 0 radical (unpaired) electrons. The molecule has 1 aliphatic carbocycles. The third-order valence-corrected chi connectivity index (χ3v) is 5.99. The molecule has 0 N–H and O–H groups in total. The van der Waals surface area contributed by atoms with E-state index < -0.39 is 0 Å².